The van der Waals surface area contributed by atoms with Crippen molar-refractivity contribution in [1.82, 2.24) is 0 Å². The van der Waals surface area contributed by atoms with Crippen molar-refractivity contribution >= 4 is 28.0 Å². The number of rotatable bonds is 4. The predicted molar refractivity (Wildman–Crippen MR) is 86.0 cm³/mol. The highest BCUT2D eigenvalue weighted by Gasteiger charge is 2.07. The van der Waals surface area contributed by atoms with E-state index in [0.29, 0.717) is 0 Å². The fraction of sp³-hybridized carbons (Fsp3) is 0.125. The predicted octanol–water partition coefficient (Wildman–Crippen LogP) is 3.17. The van der Waals surface area contributed by atoms with Crippen LogP contribution < -0.4 is 4.90 Å². The maximum Gasteiger partial charge on any atom is 0.294 e. The highest BCUT2D eigenvalue weighted by atomic mass is 32.2. The second kappa shape index (κ2) is 6.11. The van der Waals surface area contributed by atoms with Crippen molar-refractivity contribution in [1.29, 1.82) is 0 Å². The molecule has 0 saturated heterocycles. The van der Waals surface area contributed by atoms with Crippen molar-refractivity contribution in [3.63, 3.8) is 0 Å². The molecule has 0 spiro atoms. The molecule has 0 aliphatic rings. The lowest BCUT2D eigenvalue weighted by Gasteiger charge is -2.11. The lowest BCUT2D eigenvalue weighted by molar-refractivity contribution is 0.483. The van der Waals surface area contributed by atoms with Gasteiger partial charge in [0.05, 0.1) is 4.90 Å². The third-order valence-electron chi connectivity index (χ3n) is 3.06. The van der Waals surface area contributed by atoms with Gasteiger partial charge in [0, 0.05) is 19.8 Å². The van der Waals surface area contributed by atoms with Crippen LogP contribution in [0.2, 0.25) is 0 Å². The third kappa shape index (κ3) is 4.18. The molecule has 0 atom stereocenters. The molecule has 1 N–H and O–H groups in total. The molecule has 0 unspecified atom stereocenters. The van der Waals surface area contributed by atoms with Crippen LogP contribution in [0.15, 0.2) is 53.4 Å². The minimum absolute atomic E-state index is 0.102. The van der Waals surface area contributed by atoms with E-state index in [0.717, 1.165) is 16.8 Å². The Bertz CT molecular complexity index is 730. The summed E-state index contributed by atoms with van der Waals surface area (Å²) >= 11 is 0. The van der Waals surface area contributed by atoms with Gasteiger partial charge < -0.3 is 4.90 Å². The Morgan fingerprint density at radius 3 is 1.67 bits per heavy atom. The number of hydrogen-bond donors (Lipinski definition) is 1. The first kappa shape index (κ1) is 15.3. The van der Waals surface area contributed by atoms with Crippen LogP contribution in [0.5, 0.6) is 0 Å². The SMILES string of the molecule is CN(C)c1ccc(/C=C/c2ccc(S(=O)(=O)O)cc2)cc1. The van der Waals surface area contributed by atoms with Gasteiger partial charge >= 0.3 is 0 Å². The van der Waals surface area contributed by atoms with Crippen LogP contribution >= 0.6 is 0 Å². The summed E-state index contributed by atoms with van der Waals surface area (Å²) < 4.78 is 30.8. The van der Waals surface area contributed by atoms with E-state index in [9.17, 15) is 8.42 Å². The Labute approximate surface area is 125 Å². The lowest BCUT2D eigenvalue weighted by Crippen LogP contribution is -2.07. The van der Waals surface area contributed by atoms with Crippen LogP contribution in [0.4, 0.5) is 5.69 Å². The first-order valence-corrected chi connectivity index (χ1v) is 7.83. The standard InChI is InChI=1S/C16H17NO3S/c1-17(2)15-9-5-13(6-10-15)3-4-14-7-11-16(12-8-14)21(18,19)20/h3-12H,1-2H3,(H,18,19,20)/b4-3+. The maximum absolute atomic E-state index is 10.9. The van der Waals surface area contributed by atoms with Gasteiger partial charge in [0.25, 0.3) is 10.1 Å². The molecule has 21 heavy (non-hydrogen) atoms. The smallest absolute Gasteiger partial charge is 0.294 e. The zero-order valence-corrected chi connectivity index (χ0v) is 12.7. The normalized spacial score (nSPS) is 11.8. The van der Waals surface area contributed by atoms with Crippen LogP contribution in [0.25, 0.3) is 12.2 Å². The van der Waals surface area contributed by atoms with Gasteiger partial charge in [0.15, 0.2) is 0 Å². The van der Waals surface area contributed by atoms with Gasteiger partial charge in [-0.3, -0.25) is 4.55 Å². The molecule has 5 heteroatoms. The lowest BCUT2D eigenvalue weighted by atomic mass is 10.1. The molecule has 0 amide bonds. The molecule has 0 radical (unpaired) electrons. The number of hydrogen-bond acceptors (Lipinski definition) is 3. The van der Waals surface area contributed by atoms with Gasteiger partial charge in [-0.1, -0.05) is 36.4 Å². The molecule has 2 aromatic carbocycles. The molecule has 0 saturated carbocycles. The summed E-state index contributed by atoms with van der Waals surface area (Å²) in [6.45, 7) is 0. The van der Waals surface area contributed by atoms with E-state index in [4.69, 9.17) is 4.55 Å². The first-order valence-electron chi connectivity index (χ1n) is 6.39. The van der Waals surface area contributed by atoms with E-state index < -0.39 is 10.1 Å². The van der Waals surface area contributed by atoms with Gasteiger partial charge in [0.2, 0.25) is 0 Å². The summed E-state index contributed by atoms with van der Waals surface area (Å²) in [6, 6.07) is 14.1. The largest absolute Gasteiger partial charge is 0.378 e. The zero-order chi connectivity index (χ0) is 15.5. The minimum Gasteiger partial charge on any atom is -0.378 e. The molecule has 0 bridgehead atoms. The van der Waals surface area contributed by atoms with Crippen molar-refractivity contribution < 1.29 is 13.0 Å². The summed E-state index contributed by atoms with van der Waals surface area (Å²) in [5, 5.41) is 0. The van der Waals surface area contributed by atoms with Gasteiger partial charge in [-0.05, 0) is 35.4 Å². The zero-order valence-electron chi connectivity index (χ0n) is 11.9. The molecular formula is C16H17NO3S. The molecule has 110 valence electrons. The fourth-order valence-corrected chi connectivity index (χ4v) is 2.31. The van der Waals surface area contributed by atoms with Crippen molar-refractivity contribution in [3.8, 4) is 0 Å². The third-order valence-corrected chi connectivity index (χ3v) is 3.92. The topological polar surface area (TPSA) is 57.6 Å². The van der Waals surface area contributed by atoms with E-state index in [2.05, 4.69) is 0 Å². The Balaban J connectivity index is 2.14. The molecule has 0 aliphatic carbocycles. The van der Waals surface area contributed by atoms with Crippen molar-refractivity contribution in [3.05, 3.63) is 59.7 Å². The summed E-state index contributed by atoms with van der Waals surface area (Å²) in [4.78, 5) is 1.93. The summed E-state index contributed by atoms with van der Waals surface area (Å²) in [7, 11) is -0.153. The highest BCUT2D eigenvalue weighted by Crippen LogP contribution is 2.15. The maximum atomic E-state index is 10.9. The first-order chi connectivity index (χ1) is 9.86. The number of benzene rings is 2. The van der Waals surface area contributed by atoms with Crippen LogP contribution in [0, 0.1) is 0 Å². The van der Waals surface area contributed by atoms with Gasteiger partial charge in [-0.25, -0.2) is 0 Å². The number of anilines is 1. The van der Waals surface area contributed by atoms with Gasteiger partial charge in [-0.15, -0.1) is 0 Å². The van der Waals surface area contributed by atoms with Crippen LogP contribution in [0.3, 0.4) is 0 Å². The molecule has 0 aliphatic heterocycles. The number of nitrogens with zero attached hydrogens (tertiary/aromatic N) is 1. The average Bonchev–Trinajstić information content (AvgIpc) is 2.45. The summed E-state index contributed by atoms with van der Waals surface area (Å²) in [5.74, 6) is 0. The molecule has 0 heterocycles. The average molecular weight is 303 g/mol. The molecule has 2 rings (SSSR count). The molecule has 4 nitrogen and oxygen atoms in total. The molecule has 2 aromatic rings. The summed E-state index contributed by atoms with van der Waals surface area (Å²) in [6.07, 6.45) is 3.83. The van der Waals surface area contributed by atoms with Crippen molar-refractivity contribution in [2.24, 2.45) is 0 Å². The van der Waals surface area contributed by atoms with Crippen molar-refractivity contribution in [2.75, 3.05) is 19.0 Å². The Kier molecular flexibility index (Phi) is 4.45. The monoisotopic (exact) mass is 303 g/mol. The second-order valence-corrected chi connectivity index (χ2v) is 6.28. The Morgan fingerprint density at radius 2 is 1.29 bits per heavy atom. The highest BCUT2D eigenvalue weighted by molar-refractivity contribution is 7.85. The van der Waals surface area contributed by atoms with E-state index >= 15 is 0 Å². The van der Waals surface area contributed by atoms with Gasteiger partial charge in [-0.2, -0.15) is 8.42 Å². The van der Waals surface area contributed by atoms with E-state index in [1.54, 1.807) is 12.1 Å². The van der Waals surface area contributed by atoms with E-state index in [-0.39, 0.29) is 4.90 Å². The quantitative estimate of drug-likeness (QED) is 0.696. The summed E-state index contributed by atoms with van der Waals surface area (Å²) in [5.41, 5.74) is 3.04. The minimum atomic E-state index is -4.13. The Morgan fingerprint density at radius 1 is 0.857 bits per heavy atom. The second-order valence-electron chi connectivity index (χ2n) is 4.86. The van der Waals surface area contributed by atoms with Crippen LogP contribution in [-0.4, -0.2) is 27.1 Å². The molecule has 0 aromatic heterocycles. The van der Waals surface area contributed by atoms with Crippen LogP contribution in [-0.2, 0) is 10.1 Å². The van der Waals surface area contributed by atoms with E-state index in [1.165, 1.54) is 12.1 Å². The fourth-order valence-electron chi connectivity index (χ4n) is 1.83. The van der Waals surface area contributed by atoms with Gasteiger partial charge in [0.1, 0.15) is 0 Å². The van der Waals surface area contributed by atoms with Crippen LogP contribution in [0.1, 0.15) is 11.1 Å². The molecule has 0 fully saturated rings. The van der Waals surface area contributed by atoms with Crippen molar-refractivity contribution in [2.45, 2.75) is 4.90 Å². The molecular weight excluding hydrogens is 286 g/mol. The Hall–Kier alpha value is -2.11. The van der Waals surface area contributed by atoms with E-state index in [1.807, 2.05) is 55.4 Å².